The third kappa shape index (κ3) is 29.4. The summed E-state index contributed by atoms with van der Waals surface area (Å²) in [4.78, 5) is 0. The number of rotatable bonds is 7. The second-order valence-electron chi connectivity index (χ2n) is 7.55. The van der Waals surface area contributed by atoms with Gasteiger partial charge < -0.3 is 25.7 Å². The molecule has 0 saturated heterocycles. The quantitative estimate of drug-likeness (QED) is 0.189. The van der Waals surface area contributed by atoms with Crippen LogP contribution in [-0.2, 0) is 196 Å². The van der Waals surface area contributed by atoms with E-state index in [2.05, 4.69) is 92.8 Å². The molecule has 4 rings (SSSR count). The molecule has 4 radical (unpaired) electrons. The van der Waals surface area contributed by atoms with Gasteiger partial charge >= 0.3 is 65.4 Å². The smallest absolute Gasteiger partial charge is 0.359 e. The zero-order chi connectivity index (χ0) is 26.4. The van der Waals surface area contributed by atoms with Crippen molar-refractivity contribution in [2.24, 2.45) is 5.92 Å². The summed E-state index contributed by atoms with van der Waals surface area (Å²) < 4.78 is 0. The molecule has 0 fully saturated rings. The molecule has 0 heterocycles. The van der Waals surface area contributed by atoms with Crippen LogP contribution >= 0.6 is 0 Å². The first kappa shape index (κ1) is 62.1. The van der Waals surface area contributed by atoms with Crippen LogP contribution in [0.4, 0.5) is 0 Å². The van der Waals surface area contributed by atoms with E-state index in [4.69, 9.17) is 6.58 Å². The first-order valence-corrected chi connectivity index (χ1v) is 11.9. The standard InChI is InChI=1S/C13H10.C13H11.C11H10.CH4.CH3.6Y/c1-4-10-6-2-8-12-9-3-7-11(5-1)13(10)12;1-2-3-4-5-7-10-13-11-8-6-9-12-13;1-3-5-7-9-11-10-8-6-4-2;;;;;;;;/h1-9,13H;2-4,6-11H,1H2;1,3-8,11H,2H2;1H4;1H3;;;;;;/q;-3;-4;;-1;;;;;2*+3. The van der Waals surface area contributed by atoms with Crippen molar-refractivity contribution in [2.75, 3.05) is 0 Å². The van der Waals surface area contributed by atoms with E-state index >= 15 is 0 Å². The minimum atomic E-state index is 0. The summed E-state index contributed by atoms with van der Waals surface area (Å²) in [6.45, 7) is 12.1. The van der Waals surface area contributed by atoms with Gasteiger partial charge in [0.15, 0.2) is 0 Å². The van der Waals surface area contributed by atoms with E-state index in [-0.39, 0.29) is 211 Å². The topological polar surface area (TPSA) is 0 Å². The molecule has 0 unspecified atom stereocenters. The van der Waals surface area contributed by atoms with Crippen molar-refractivity contribution in [3.05, 3.63) is 220 Å². The van der Waals surface area contributed by atoms with Crippen LogP contribution in [0.2, 0.25) is 0 Å². The maximum atomic E-state index is 5.08. The molecule has 0 N–H and O–H groups in total. The van der Waals surface area contributed by atoms with Crippen molar-refractivity contribution in [1.82, 2.24) is 0 Å². The molecule has 45 heavy (non-hydrogen) atoms. The van der Waals surface area contributed by atoms with Gasteiger partial charge in [0.05, 0.1) is 0 Å². The Morgan fingerprint density at radius 3 is 1.67 bits per heavy atom. The SMILES string of the molecule is C.C1=CC2=CC=CC3=CC=CC(=C1)C23.[CH-]=CC=C[C-]=C[C-]=CC=C[CH2-].[CH2-]C=CC=[C-]C=Cc1[c-]cccc1.[CH3-].[Y+3].[Y+3].[Y].[Y].[Y].[Y]. The Bertz CT molecular complexity index is 1180. The first-order chi connectivity index (χ1) is 18.3. The van der Waals surface area contributed by atoms with E-state index < -0.39 is 0 Å². The fourth-order valence-electron chi connectivity index (χ4n) is 3.34. The Labute approximate surface area is 427 Å². The number of hydrogen-bond donors (Lipinski definition) is 0. The summed E-state index contributed by atoms with van der Waals surface area (Å²) in [6, 6.07) is 10.9. The molecule has 0 nitrogen and oxygen atoms in total. The van der Waals surface area contributed by atoms with E-state index in [1.54, 1.807) is 42.5 Å². The summed E-state index contributed by atoms with van der Waals surface area (Å²) in [5.74, 6) is 0.514. The van der Waals surface area contributed by atoms with E-state index in [1.807, 2.05) is 48.6 Å². The molecule has 0 aromatic heterocycles. The van der Waals surface area contributed by atoms with Gasteiger partial charge in [0, 0.05) is 137 Å². The third-order valence-electron chi connectivity index (χ3n) is 4.95. The molecular formula is C39H38Y6-2. The van der Waals surface area contributed by atoms with Gasteiger partial charge in [-0.1, -0.05) is 62.1 Å². The van der Waals surface area contributed by atoms with Gasteiger partial charge in [-0.15, -0.1) is 36.4 Å². The summed E-state index contributed by atoms with van der Waals surface area (Å²) in [7, 11) is 0. The van der Waals surface area contributed by atoms with Crippen molar-refractivity contribution in [3.63, 3.8) is 0 Å². The van der Waals surface area contributed by atoms with Crippen molar-refractivity contribution in [3.8, 4) is 0 Å². The molecule has 1 aromatic carbocycles. The van der Waals surface area contributed by atoms with Crippen LogP contribution in [0.25, 0.3) is 6.08 Å². The minimum absolute atomic E-state index is 0. The summed E-state index contributed by atoms with van der Waals surface area (Å²) >= 11 is 0. The third-order valence-corrected chi connectivity index (χ3v) is 4.95. The zero-order valence-corrected chi connectivity index (χ0v) is 42.5. The summed E-state index contributed by atoms with van der Waals surface area (Å²) in [6.07, 6.45) is 49.1. The molecule has 0 aliphatic heterocycles. The summed E-state index contributed by atoms with van der Waals surface area (Å²) in [5, 5.41) is 0. The van der Waals surface area contributed by atoms with Gasteiger partial charge in [-0.05, 0) is 16.7 Å². The van der Waals surface area contributed by atoms with Crippen LogP contribution < -0.4 is 0 Å². The molecule has 1 aromatic rings. The van der Waals surface area contributed by atoms with Crippen LogP contribution in [0, 0.1) is 58.1 Å². The van der Waals surface area contributed by atoms with Gasteiger partial charge in [0.1, 0.15) is 0 Å². The molecule has 0 amide bonds. The van der Waals surface area contributed by atoms with Gasteiger partial charge in [-0.3, -0.25) is 30.9 Å². The molecule has 3 aliphatic carbocycles. The largest absolute Gasteiger partial charge is 3.00 e. The second kappa shape index (κ2) is 44.0. The van der Waals surface area contributed by atoms with Crippen molar-refractivity contribution >= 4 is 6.08 Å². The number of benzene rings is 1. The van der Waals surface area contributed by atoms with Crippen molar-refractivity contribution < 1.29 is 196 Å². The monoisotopic (exact) mass is 1040 g/mol. The average Bonchev–Trinajstić information content (AvgIpc) is 2.94. The van der Waals surface area contributed by atoms with Crippen LogP contribution in [-0.4, -0.2) is 0 Å². The van der Waals surface area contributed by atoms with Gasteiger partial charge in [0.25, 0.3) is 0 Å². The number of hydrogen-bond acceptors (Lipinski definition) is 0. The molecule has 3 aliphatic rings. The Balaban J connectivity index is -0.0000000889. The molecular weight excluding hydrogens is 1000 g/mol. The van der Waals surface area contributed by atoms with Crippen molar-refractivity contribution in [2.45, 2.75) is 7.43 Å². The minimum Gasteiger partial charge on any atom is -0.359 e. The van der Waals surface area contributed by atoms with Gasteiger partial charge in [-0.2, -0.15) is 29.9 Å². The van der Waals surface area contributed by atoms with Crippen LogP contribution in [0.1, 0.15) is 13.0 Å². The predicted octanol–water partition coefficient (Wildman–Crippen LogP) is 10.1. The number of allylic oxidation sites excluding steroid dienone is 26. The molecule has 0 atom stereocenters. The van der Waals surface area contributed by atoms with E-state index in [0.717, 1.165) is 5.56 Å². The Hall–Kier alpha value is 1.94. The Morgan fingerprint density at radius 1 is 0.711 bits per heavy atom. The molecule has 0 bridgehead atoms. The Morgan fingerprint density at radius 2 is 1.22 bits per heavy atom. The fraction of sp³-hybridized carbons (Fsp3) is 0.0513. The van der Waals surface area contributed by atoms with Gasteiger partial charge in [-0.25, -0.2) is 32.1 Å². The second-order valence-corrected chi connectivity index (χ2v) is 7.55. The fourth-order valence-corrected chi connectivity index (χ4v) is 3.34. The van der Waals surface area contributed by atoms with Crippen LogP contribution in [0.15, 0.2) is 163 Å². The molecule has 0 saturated carbocycles. The summed E-state index contributed by atoms with van der Waals surface area (Å²) in [5.41, 5.74) is 5.30. The van der Waals surface area contributed by atoms with E-state index in [1.165, 1.54) is 22.8 Å². The predicted molar refractivity (Wildman–Crippen MR) is 173 cm³/mol. The molecule has 214 valence electrons. The Kier molecular flexibility index (Phi) is 60.7. The normalized spacial score (nSPS) is 13.4. The maximum Gasteiger partial charge on any atom is 3.00 e. The van der Waals surface area contributed by atoms with Crippen LogP contribution in [0.3, 0.4) is 0 Å². The molecule has 0 spiro atoms. The van der Waals surface area contributed by atoms with E-state index in [9.17, 15) is 0 Å². The first-order valence-electron chi connectivity index (χ1n) is 11.9. The maximum absolute atomic E-state index is 5.08. The van der Waals surface area contributed by atoms with Gasteiger partial charge in [0.2, 0.25) is 0 Å². The van der Waals surface area contributed by atoms with Crippen molar-refractivity contribution in [1.29, 1.82) is 0 Å². The zero-order valence-electron chi connectivity index (χ0n) is 25.5. The average molecular weight is 1040 g/mol. The molecule has 6 heteroatoms. The van der Waals surface area contributed by atoms with Crippen LogP contribution in [0.5, 0.6) is 0 Å². The van der Waals surface area contributed by atoms with E-state index in [0.29, 0.717) is 5.92 Å².